The SMILES string of the molecule is CCCCCCCCCC(=O)Nc1cc(OC)c(Cl)cc1OC. The van der Waals surface area contributed by atoms with Crippen LogP contribution in [0, 0.1) is 0 Å². The van der Waals surface area contributed by atoms with Gasteiger partial charge in [-0.3, -0.25) is 4.79 Å². The molecule has 1 amide bonds. The number of hydrogen-bond acceptors (Lipinski definition) is 3. The normalized spacial score (nSPS) is 10.4. The van der Waals surface area contributed by atoms with E-state index in [4.69, 9.17) is 21.1 Å². The molecule has 130 valence electrons. The highest BCUT2D eigenvalue weighted by Crippen LogP contribution is 2.35. The predicted octanol–water partition coefficient (Wildman–Crippen LogP) is 5.44. The summed E-state index contributed by atoms with van der Waals surface area (Å²) in [7, 11) is 3.09. The number of carbonyl (C=O) groups excluding carboxylic acids is 1. The van der Waals surface area contributed by atoms with Crippen molar-refractivity contribution in [1.29, 1.82) is 0 Å². The Balaban J connectivity index is 2.42. The number of halogens is 1. The van der Waals surface area contributed by atoms with Crippen LogP contribution in [-0.2, 0) is 4.79 Å². The highest BCUT2D eigenvalue weighted by molar-refractivity contribution is 6.32. The van der Waals surface area contributed by atoms with Crippen molar-refractivity contribution < 1.29 is 14.3 Å². The fourth-order valence-electron chi connectivity index (χ4n) is 2.41. The van der Waals surface area contributed by atoms with Gasteiger partial charge in [0.15, 0.2) is 0 Å². The summed E-state index contributed by atoms with van der Waals surface area (Å²) < 4.78 is 10.4. The largest absolute Gasteiger partial charge is 0.495 e. The first-order chi connectivity index (χ1) is 11.1. The average molecular weight is 342 g/mol. The van der Waals surface area contributed by atoms with Crippen LogP contribution in [0.3, 0.4) is 0 Å². The van der Waals surface area contributed by atoms with E-state index in [1.54, 1.807) is 19.2 Å². The summed E-state index contributed by atoms with van der Waals surface area (Å²) in [5.74, 6) is 1.03. The van der Waals surface area contributed by atoms with Crippen LogP contribution in [0.25, 0.3) is 0 Å². The maximum Gasteiger partial charge on any atom is 0.224 e. The molecule has 0 bridgehead atoms. The maximum absolute atomic E-state index is 12.1. The van der Waals surface area contributed by atoms with Gasteiger partial charge >= 0.3 is 0 Å². The summed E-state index contributed by atoms with van der Waals surface area (Å²) in [5, 5.41) is 3.33. The molecule has 0 unspecified atom stereocenters. The maximum atomic E-state index is 12.1. The summed E-state index contributed by atoms with van der Waals surface area (Å²) in [6.07, 6.45) is 8.84. The predicted molar refractivity (Wildman–Crippen MR) is 95.8 cm³/mol. The minimum Gasteiger partial charge on any atom is -0.495 e. The lowest BCUT2D eigenvalue weighted by molar-refractivity contribution is -0.116. The van der Waals surface area contributed by atoms with E-state index >= 15 is 0 Å². The van der Waals surface area contributed by atoms with E-state index in [0.29, 0.717) is 28.6 Å². The summed E-state index contributed by atoms with van der Waals surface area (Å²) in [6.45, 7) is 2.21. The van der Waals surface area contributed by atoms with Crippen molar-refractivity contribution in [2.45, 2.75) is 58.3 Å². The fraction of sp³-hybridized carbons (Fsp3) is 0.611. The Hall–Kier alpha value is -1.42. The third kappa shape index (κ3) is 7.12. The lowest BCUT2D eigenvalue weighted by Gasteiger charge is -2.13. The van der Waals surface area contributed by atoms with Gasteiger partial charge in [-0.1, -0.05) is 57.0 Å². The molecule has 0 aromatic heterocycles. The average Bonchev–Trinajstić information content (AvgIpc) is 2.55. The smallest absolute Gasteiger partial charge is 0.224 e. The lowest BCUT2D eigenvalue weighted by atomic mass is 10.1. The molecule has 1 aromatic rings. The number of hydrogen-bond donors (Lipinski definition) is 1. The van der Waals surface area contributed by atoms with Crippen molar-refractivity contribution in [3.8, 4) is 11.5 Å². The lowest BCUT2D eigenvalue weighted by Crippen LogP contribution is -2.12. The van der Waals surface area contributed by atoms with Gasteiger partial charge in [-0.2, -0.15) is 0 Å². The number of methoxy groups -OCH3 is 2. The first-order valence-electron chi connectivity index (χ1n) is 8.33. The molecule has 5 heteroatoms. The second kappa shape index (κ2) is 11.2. The molecule has 0 radical (unpaired) electrons. The Morgan fingerprint density at radius 1 is 1.00 bits per heavy atom. The van der Waals surface area contributed by atoms with Gasteiger partial charge in [0, 0.05) is 18.6 Å². The molecule has 1 rings (SSSR count). The van der Waals surface area contributed by atoms with E-state index in [0.717, 1.165) is 12.8 Å². The van der Waals surface area contributed by atoms with Crippen molar-refractivity contribution >= 4 is 23.2 Å². The van der Waals surface area contributed by atoms with Crippen LogP contribution in [0.4, 0.5) is 5.69 Å². The third-order valence-electron chi connectivity index (χ3n) is 3.76. The second-order valence-corrected chi connectivity index (χ2v) is 6.01. The minimum absolute atomic E-state index is 0.0127. The van der Waals surface area contributed by atoms with Gasteiger partial charge in [0.25, 0.3) is 0 Å². The molecule has 0 aliphatic carbocycles. The Morgan fingerprint density at radius 3 is 2.22 bits per heavy atom. The van der Waals surface area contributed by atoms with Gasteiger partial charge in [-0.25, -0.2) is 0 Å². The second-order valence-electron chi connectivity index (χ2n) is 5.61. The standard InChI is InChI=1S/C18H28ClNO3/c1-4-5-6-7-8-9-10-11-18(21)20-15-13-16(22-2)14(19)12-17(15)23-3/h12-13H,4-11H2,1-3H3,(H,20,21). The van der Waals surface area contributed by atoms with Gasteiger partial charge in [0.05, 0.1) is 24.9 Å². The van der Waals surface area contributed by atoms with Crippen molar-refractivity contribution in [1.82, 2.24) is 0 Å². The Bertz CT molecular complexity index is 491. The Kier molecular flexibility index (Phi) is 9.53. The van der Waals surface area contributed by atoms with Gasteiger partial charge in [-0.05, 0) is 6.42 Å². The third-order valence-corrected chi connectivity index (χ3v) is 4.05. The molecule has 0 fully saturated rings. The molecule has 0 aliphatic heterocycles. The molecule has 23 heavy (non-hydrogen) atoms. The molecular formula is C18H28ClNO3. The number of unbranched alkanes of at least 4 members (excludes halogenated alkanes) is 6. The summed E-state index contributed by atoms with van der Waals surface area (Å²) in [6, 6.07) is 3.33. The zero-order valence-electron chi connectivity index (χ0n) is 14.4. The number of anilines is 1. The van der Waals surface area contributed by atoms with Gasteiger partial charge in [0.1, 0.15) is 11.5 Å². The van der Waals surface area contributed by atoms with Crippen LogP contribution in [0.5, 0.6) is 11.5 Å². The first-order valence-corrected chi connectivity index (χ1v) is 8.71. The molecular weight excluding hydrogens is 314 g/mol. The van der Waals surface area contributed by atoms with E-state index in [1.165, 1.54) is 39.2 Å². The molecule has 0 atom stereocenters. The highest BCUT2D eigenvalue weighted by atomic mass is 35.5. The number of ether oxygens (including phenoxy) is 2. The van der Waals surface area contributed by atoms with Crippen LogP contribution in [0.2, 0.25) is 5.02 Å². The van der Waals surface area contributed by atoms with Gasteiger partial charge in [-0.15, -0.1) is 0 Å². The summed E-state index contributed by atoms with van der Waals surface area (Å²) in [5.41, 5.74) is 0.585. The van der Waals surface area contributed by atoms with Crippen LogP contribution < -0.4 is 14.8 Å². The molecule has 4 nitrogen and oxygen atoms in total. The molecule has 0 aliphatic rings. The van der Waals surface area contributed by atoms with Crippen LogP contribution in [0.1, 0.15) is 58.3 Å². The zero-order valence-corrected chi connectivity index (χ0v) is 15.2. The minimum atomic E-state index is -0.0127. The number of benzene rings is 1. The number of carbonyl (C=O) groups is 1. The molecule has 1 aromatic carbocycles. The topological polar surface area (TPSA) is 47.6 Å². The van der Waals surface area contributed by atoms with Crippen LogP contribution >= 0.6 is 11.6 Å². The number of amides is 1. The Morgan fingerprint density at radius 2 is 1.61 bits per heavy atom. The van der Waals surface area contributed by atoms with Crippen molar-refractivity contribution in [2.24, 2.45) is 0 Å². The first kappa shape index (κ1) is 19.6. The molecule has 1 N–H and O–H groups in total. The van der Waals surface area contributed by atoms with Gasteiger partial charge < -0.3 is 14.8 Å². The van der Waals surface area contributed by atoms with Crippen LogP contribution in [0.15, 0.2) is 12.1 Å². The fourth-order valence-corrected chi connectivity index (χ4v) is 2.64. The quantitative estimate of drug-likeness (QED) is 0.545. The van der Waals surface area contributed by atoms with Crippen molar-refractivity contribution in [2.75, 3.05) is 19.5 Å². The monoisotopic (exact) mass is 341 g/mol. The van der Waals surface area contributed by atoms with E-state index < -0.39 is 0 Å². The summed E-state index contributed by atoms with van der Waals surface area (Å²) >= 11 is 6.05. The van der Waals surface area contributed by atoms with E-state index in [2.05, 4.69) is 12.2 Å². The Labute approximate surface area is 144 Å². The number of nitrogens with one attached hydrogen (secondary N) is 1. The highest BCUT2D eigenvalue weighted by Gasteiger charge is 2.12. The molecule has 0 saturated heterocycles. The van der Waals surface area contributed by atoms with Crippen LogP contribution in [-0.4, -0.2) is 20.1 Å². The molecule has 0 saturated carbocycles. The summed E-state index contributed by atoms with van der Waals surface area (Å²) in [4.78, 5) is 12.1. The van der Waals surface area contributed by atoms with Crippen molar-refractivity contribution in [3.63, 3.8) is 0 Å². The molecule has 0 spiro atoms. The van der Waals surface area contributed by atoms with Gasteiger partial charge in [0.2, 0.25) is 5.91 Å². The zero-order chi connectivity index (χ0) is 17.1. The van der Waals surface area contributed by atoms with E-state index in [-0.39, 0.29) is 5.91 Å². The van der Waals surface area contributed by atoms with Crippen molar-refractivity contribution in [3.05, 3.63) is 17.2 Å². The number of rotatable bonds is 11. The van der Waals surface area contributed by atoms with E-state index in [1.807, 2.05) is 0 Å². The van der Waals surface area contributed by atoms with E-state index in [9.17, 15) is 4.79 Å². The molecule has 0 heterocycles.